The molecule has 8 rings (SSSR count). The van der Waals surface area contributed by atoms with Crippen molar-refractivity contribution in [2.45, 2.75) is 100 Å². The number of methoxy groups -OCH3 is 1. The lowest BCUT2D eigenvalue weighted by atomic mass is 9.93. The molecule has 3 fully saturated rings. The summed E-state index contributed by atoms with van der Waals surface area (Å²) in [6.45, 7) is 4.11. The summed E-state index contributed by atoms with van der Waals surface area (Å²) in [6.07, 6.45) is -17.6. The van der Waals surface area contributed by atoms with Gasteiger partial charge < -0.3 is 33.5 Å². The van der Waals surface area contributed by atoms with Gasteiger partial charge in [0.2, 0.25) is 0 Å². The highest BCUT2D eigenvalue weighted by Crippen LogP contribution is 2.57. The van der Waals surface area contributed by atoms with E-state index in [9.17, 15) is 44.3 Å². The Hall–Kier alpha value is -5.47. The van der Waals surface area contributed by atoms with E-state index < -0.39 is 90.7 Å². The van der Waals surface area contributed by atoms with Crippen molar-refractivity contribution >= 4 is 33.6 Å². The number of terminal acetylenes is 1. The molecule has 23 heteroatoms. The van der Waals surface area contributed by atoms with Crippen LogP contribution in [0.3, 0.4) is 0 Å². The van der Waals surface area contributed by atoms with Crippen LogP contribution >= 0.6 is 0 Å². The molecule has 1 amide bonds. The van der Waals surface area contributed by atoms with Crippen LogP contribution in [0.2, 0.25) is 0 Å². The van der Waals surface area contributed by atoms with Gasteiger partial charge in [-0.15, -0.1) is 6.42 Å². The van der Waals surface area contributed by atoms with Crippen molar-refractivity contribution in [3.05, 3.63) is 47.2 Å². The van der Waals surface area contributed by atoms with Gasteiger partial charge in [0, 0.05) is 50.3 Å². The highest BCUT2D eigenvalue weighted by atomic mass is 19.4. The number of aryl methyl sites for hydroxylation is 1. The highest BCUT2D eigenvalue weighted by molar-refractivity contribution is 6.03. The van der Waals surface area contributed by atoms with E-state index in [1.165, 1.54) is 29.0 Å². The molecule has 12 nitrogen and oxygen atoms in total. The number of carbonyl (C=O) groups is 1. The Morgan fingerprint density at radius 1 is 0.910 bits per heavy atom. The van der Waals surface area contributed by atoms with E-state index in [1.807, 2.05) is 4.90 Å². The molecular formula is C44H43F11N6O6. The molecule has 3 saturated heterocycles. The van der Waals surface area contributed by atoms with Crippen LogP contribution in [0.5, 0.6) is 11.8 Å². The van der Waals surface area contributed by atoms with Gasteiger partial charge in [-0.25, -0.2) is 18.6 Å². The first-order valence-corrected chi connectivity index (χ1v) is 21.1. The van der Waals surface area contributed by atoms with Crippen LogP contribution in [0, 0.1) is 24.0 Å². The van der Waals surface area contributed by atoms with Crippen LogP contribution in [0.15, 0.2) is 24.3 Å². The van der Waals surface area contributed by atoms with Gasteiger partial charge >= 0.3 is 36.2 Å². The number of amides is 1. The molecule has 2 aromatic carbocycles. The highest BCUT2D eigenvalue weighted by Gasteiger charge is 2.86. The van der Waals surface area contributed by atoms with Gasteiger partial charge in [-0.05, 0) is 83.0 Å². The quantitative estimate of drug-likeness (QED) is 0.0912. The Morgan fingerprint density at radius 3 is 2.28 bits per heavy atom. The maximum Gasteiger partial charge on any atom is 0.435 e. The minimum Gasteiger partial charge on any atom is -0.468 e. The van der Waals surface area contributed by atoms with Crippen LogP contribution < -0.4 is 14.4 Å². The molecule has 362 valence electrons. The van der Waals surface area contributed by atoms with E-state index in [0.29, 0.717) is 23.9 Å². The second kappa shape index (κ2) is 16.9. The van der Waals surface area contributed by atoms with E-state index in [4.69, 9.17) is 30.4 Å². The number of fused-ring (bicyclic) bond motifs is 4. The topological polar surface area (TPSA) is 112 Å². The fourth-order valence-electron chi connectivity index (χ4n) is 9.64. The van der Waals surface area contributed by atoms with Gasteiger partial charge in [-0.3, -0.25) is 4.90 Å². The number of carbonyl (C=O) groups excluding carboxylic acids is 1. The van der Waals surface area contributed by atoms with Crippen LogP contribution in [0.25, 0.3) is 32.9 Å². The zero-order valence-electron chi connectivity index (χ0n) is 36.3. The standard InChI is InChI=1S/C44H43F11N6O6/c1-6-27-29(45)10-8-23-16-25(65-22-63-5)17-28(31(23)27)34-33(46)35-32-30(56-34)11-9-24-19-59(38(62)67-39(2,3)4)14-15-61(24)36(32)58-37(57-35)64-21-40-12-7-13-60(40)20-26(18-40)66-41(42(47,48)49,43(50,51)52)44(53,54)55/h1,8,10,16-17,24,26H,7,9,11-15,18-22H2,2-5H3/t24-,26-,40-/m1/s1. The fourth-order valence-corrected chi connectivity index (χ4v) is 9.64. The Labute approximate surface area is 375 Å². The maximum absolute atomic E-state index is 17.6. The van der Waals surface area contributed by atoms with Crippen molar-refractivity contribution in [3.63, 3.8) is 0 Å². The summed E-state index contributed by atoms with van der Waals surface area (Å²) < 4.78 is 185. The fraction of sp³-hybridized carbons (Fsp3) is 0.545. The van der Waals surface area contributed by atoms with Crippen LogP contribution in [0.4, 0.5) is 58.9 Å². The first-order chi connectivity index (χ1) is 31.3. The van der Waals surface area contributed by atoms with E-state index in [1.54, 1.807) is 26.8 Å². The molecule has 3 atom stereocenters. The van der Waals surface area contributed by atoms with Gasteiger partial charge in [0.15, 0.2) is 12.6 Å². The molecule has 2 aromatic heterocycles. The van der Waals surface area contributed by atoms with Crippen molar-refractivity contribution in [2.24, 2.45) is 0 Å². The number of hydrogen-bond donors (Lipinski definition) is 0. The van der Waals surface area contributed by atoms with Crippen molar-refractivity contribution < 1.29 is 76.8 Å². The monoisotopic (exact) mass is 960 g/mol. The normalized spacial score (nSPS) is 21.6. The summed E-state index contributed by atoms with van der Waals surface area (Å²) in [6, 6.07) is 4.53. The van der Waals surface area contributed by atoms with E-state index in [-0.39, 0.29) is 90.5 Å². The maximum atomic E-state index is 17.6. The second-order valence-electron chi connectivity index (χ2n) is 18.0. The molecule has 0 aliphatic carbocycles. The van der Waals surface area contributed by atoms with Crippen LogP contribution in [-0.4, -0.2) is 131 Å². The molecule has 0 bridgehead atoms. The number of pyridine rings is 1. The third-order valence-corrected chi connectivity index (χ3v) is 12.5. The Bertz CT molecular complexity index is 2600. The largest absolute Gasteiger partial charge is 0.468 e. The smallest absolute Gasteiger partial charge is 0.435 e. The summed E-state index contributed by atoms with van der Waals surface area (Å²) in [7, 11) is 1.38. The van der Waals surface area contributed by atoms with E-state index >= 15 is 8.78 Å². The molecule has 67 heavy (non-hydrogen) atoms. The minimum absolute atomic E-state index is 0.0116. The van der Waals surface area contributed by atoms with Crippen molar-refractivity contribution in [2.75, 3.05) is 58.1 Å². The summed E-state index contributed by atoms with van der Waals surface area (Å²) in [5.74, 6) is 0.795. The molecule has 4 aliphatic rings. The number of rotatable bonds is 9. The number of hydrogen-bond acceptors (Lipinski definition) is 11. The van der Waals surface area contributed by atoms with Gasteiger partial charge in [0.05, 0.1) is 28.3 Å². The first-order valence-electron chi connectivity index (χ1n) is 21.1. The Kier molecular flexibility index (Phi) is 12.1. The number of ether oxygens (including phenoxy) is 5. The summed E-state index contributed by atoms with van der Waals surface area (Å²) in [4.78, 5) is 31.9. The van der Waals surface area contributed by atoms with Crippen molar-refractivity contribution in [1.82, 2.24) is 24.8 Å². The second-order valence-corrected chi connectivity index (χ2v) is 18.0. The predicted octanol–water partition coefficient (Wildman–Crippen LogP) is 8.89. The third kappa shape index (κ3) is 8.46. The first kappa shape index (κ1) is 48.0. The van der Waals surface area contributed by atoms with Gasteiger partial charge in [0.25, 0.3) is 0 Å². The SMILES string of the molecule is C#Cc1c(F)ccc2cc(OCOC)cc(-c3nc4c5c(nc(OC[C@]67CCCN6C[C@H](OC(C(F)(F)F)(C(F)(F)F)C(F)(F)F)C7)nc5c3F)N3CCN(C(=O)OC(C)(C)C)C[C@H]3CC4)c12. The van der Waals surface area contributed by atoms with Gasteiger partial charge in [0.1, 0.15) is 40.8 Å². The number of alkyl halides is 9. The molecule has 6 heterocycles. The molecule has 0 radical (unpaired) electrons. The molecule has 0 N–H and O–H groups in total. The molecule has 0 spiro atoms. The predicted molar refractivity (Wildman–Crippen MR) is 217 cm³/mol. The number of benzene rings is 2. The number of piperazine rings is 1. The minimum atomic E-state index is -6.92. The molecule has 0 saturated carbocycles. The lowest BCUT2D eigenvalue weighted by Gasteiger charge is -2.41. The van der Waals surface area contributed by atoms with Crippen LogP contribution in [0.1, 0.15) is 57.7 Å². The zero-order chi connectivity index (χ0) is 48.6. The Morgan fingerprint density at radius 2 is 1.63 bits per heavy atom. The van der Waals surface area contributed by atoms with Crippen molar-refractivity contribution in [1.29, 1.82) is 0 Å². The molecule has 0 unspecified atom stereocenters. The Balaban J connectivity index is 1.23. The van der Waals surface area contributed by atoms with Gasteiger partial charge in [-0.2, -0.15) is 49.5 Å². The number of aromatic nitrogens is 3. The number of halogens is 11. The van der Waals surface area contributed by atoms with E-state index in [2.05, 4.69) is 20.6 Å². The summed E-state index contributed by atoms with van der Waals surface area (Å²) in [5.41, 5.74) is -9.31. The summed E-state index contributed by atoms with van der Waals surface area (Å²) >= 11 is 0. The molecule has 4 aliphatic heterocycles. The summed E-state index contributed by atoms with van der Waals surface area (Å²) in [5, 5.41) is 0.618. The molecular weight excluding hydrogens is 917 g/mol. The average Bonchev–Trinajstić information content (AvgIpc) is 3.73. The lowest BCUT2D eigenvalue weighted by molar-refractivity contribution is -0.463. The average molecular weight is 961 g/mol. The number of anilines is 1. The van der Waals surface area contributed by atoms with Crippen molar-refractivity contribution in [3.8, 4) is 35.4 Å². The molecule has 4 aromatic rings. The van der Waals surface area contributed by atoms with Gasteiger partial charge in [-0.1, -0.05) is 12.0 Å². The lowest BCUT2D eigenvalue weighted by Crippen LogP contribution is -2.68. The zero-order valence-corrected chi connectivity index (χ0v) is 36.3. The van der Waals surface area contributed by atoms with E-state index in [0.717, 1.165) is 6.07 Å². The number of nitrogens with zero attached hydrogens (tertiary/aromatic N) is 6. The third-order valence-electron chi connectivity index (χ3n) is 12.5. The van der Waals surface area contributed by atoms with Crippen LogP contribution in [-0.2, 0) is 20.6 Å².